The molecule has 3 rings (SSSR count). The number of aryl methyl sites for hydroxylation is 1. The summed E-state index contributed by atoms with van der Waals surface area (Å²) in [4.78, 5) is 19.6. The van der Waals surface area contributed by atoms with E-state index in [1.807, 2.05) is 61.8 Å². The zero-order valence-electron chi connectivity index (χ0n) is 13.2. The van der Waals surface area contributed by atoms with Crippen LogP contribution in [0.4, 0.5) is 0 Å². The number of nitrogens with zero attached hydrogens (tertiary/aromatic N) is 2. The normalized spacial score (nSPS) is 10.7. The molecule has 0 aliphatic heterocycles. The van der Waals surface area contributed by atoms with Gasteiger partial charge in [0.25, 0.3) is 0 Å². The molecule has 0 bridgehead atoms. The second kappa shape index (κ2) is 6.79. The summed E-state index contributed by atoms with van der Waals surface area (Å²) < 4.78 is 5.69. The monoisotopic (exact) mass is 326 g/mol. The van der Waals surface area contributed by atoms with E-state index in [9.17, 15) is 4.79 Å². The van der Waals surface area contributed by atoms with Gasteiger partial charge in [-0.15, -0.1) is 11.3 Å². The van der Waals surface area contributed by atoms with Gasteiger partial charge in [-0.1, -0.05) is 36.4 Å². The largest absolute Gasteiger partial charge is 0.440 e. The van der Waals surface area contributed by atoms with E-state index >= 15 is 0 Å². The number of hydrogen-bond acceptors (Lipinski definition) is 4. The quantitative estimate of drug-likeness (QED) is 0.714. The third-order valence-electron chi connectivity index (χ3n) is 3.63. The van der Waals surface area contributed by atoms with Gasteiger partial charge in [0.05, 0.1) is 17.0 Å². The lowest BCUT2D eigenvalue weighted by molar-refractivity contribution is -0.129. The van der Waals surface area contributed by atoms with Gasteiger partial charge in [0, 0.05) is 13.6 Å². The summed E-state index contributed by atoms with van der Waals surface area (Å²) in [6.07, 6.45) is 0.254. The van der Waals surface area contributed by atoms with Gasteiger partial charge < -0.3 is 9.32 Å². The van der Waals surface area contributed by atoms with Crippen LogP contribution in [0.15, 0.2) is 52.3 Å². The minimum atomic E-state index is 0.0305. The molecule has 5 heteroatoms. The molecule has 3 aromatic rings. The van der Waals surface area contributed by atoms with Gasteiger partial charge in [0.15, 0.2) is 0 Å². The molecule has 4 nitrogen and oxygen atoms in total. The molecule has 0 atom stereocenters. The Morgan fingerprint density at radius 2 is 2.00 bits per heavy atom. The first-order valence-corrected chi connectivity index (χ1v) is 8.29. The number of thiophene rings is 1. The van der Waals surface area contributed by atoms with Crippen molar-refractivity contribution in [2.75, 3.05) is 7.05 Å². The first-order chi connectivity index (χ1) is 11.1. The predicted molar refractivity (Wildman–Crippen MR) is 91.2 cm³/mol. The van der Waals surface area contributed by atoms with Crippen molar-refractivity contribution in [3.63, 3.8) is 0 Å². The lowest BCUT2D eigenvalue weighted by atomic mass is 10.2. The number of hydrogen-bond donors (Lipinski definition) is 0. The van der Waals surface area contributed by atoms with Gasteiger partial charge in [-0.05, 0) is 23.9 Å². The van der Waals surface area contributed by atoms with Crippen molar-refractivity contribution in [3.8, 4) is 10.8 Å². The Morgan fingerprint density at radius 3 is 2.70 bits per heavy atom. The molecule has 118 valence electrons. The summed E-state index contributed by atoms with van der Waals surface area (Å²) in [5, 5.41) is 1.98. The number of rotatable bonds is 5. The van der Waals surface area contributed by atoms with E-state index in [-0.39, 0.29) is 12.3 Å². The molecule has 2 aromatic heterocycles. The van der Waals surface area contributed by atoms with Crippen molar-refractivity contribution in [1.29, 1.82) is 0 Å². The maximum atomic E-state index is 12.4. The molecule has 0 saturated carbocycles. The average Bonchev–Trinajstić information content (AvgIpc) is 3.19. The third-order valence-corrected chi connectivity index (χ3v) is 4.49. The van der Waals surface area contributed by atoms with Crippen LogP contribution in [0.25, 0.3) is 10.8 Å². The predicted octanol–water partition coefficient (Wildman–Crippen LogP) is 3.91. The van der Waals surface area contributed by atoms with Crippen molar-refractivity contribution >= 4 is 17.2 Å². The van der Waals surface area contributed by atoms with Crippen molar-refractivity contribution in [1.82, 2.24) is 9.88 Å². The molecule has 0 saturated heterocycles. The Labute approximate surface area is 139 Å². The van der Waals surface area contributed by atoms with E-state index < -0.39 is 0 Å². The number of likely N-dealkylation sites (N-methyl/N-ethyl adjacent to an activating group) is 1. The van der Waals surface area contributed by atoms with Gasteiger partial charge in [0.1, 0.15) is 5.76 Å². The highest BCUT2D eigenvalue weighted by atomic mass is 32.1. The topological polar surface area (TPSA) is 46.3 Å². The van der Waals surface area contributed by atoms with Crippen LogP contribution >= 0.6 is 11.3 Å². The van der Waals surface area contributed by atoms with Crippen LogP contribution in [0, 0.1) is 6.92 Å². The van der Waals surface area contributed by atoms with Crippen LogP contribution in [0.5, 0.6) is 0 Å². The molecule has 2 heterocycles. The summed E-state index contributed by atoms with van der Waals surface area (Å²) in [5.41, 5.74) is 1.82. The number of carbonyl (C=O) groups excluding carboxylic acids is 1. The van der Waals surface area contributed by atoms with Crippen molar-refractivity contribution in [2.45, 2.75) is 19.9 Å². The fraction of sp³-hybridized carbons (Fsp3) is 0.222. The van der Waals surface area contributed by atoms with Crippen molar-refractivity contribution in [2.24, 2.45) is 0 Å². The van der Waals surface area contributed by atoms with Crippen LogP contribution in [0.1, 0.15) is 17.0 Å². The highest BCUT2D eigenvalue weighted by molar-refractivity contribution is 7.13. The van der Waals surface area contributed by atoms with Gasteiger partial charge in [-0.3, -0.25) is 4.79 Å². The van der Waals surface area contributed by atoms with Crippen LogP contribution in [-0.4, -0.2) is 22.8 Å². The molecule has 1 amide bonds. The smallest absolute Gasteiger partial charge is 0.236 e. The minimum Gasteiger partial charge on any atom is -0.440 e. The molecule has 0 aliphatic carbocycles. The molecule has 23 heavy (non-hydrogen) atoms. The Kier molecular flexibility index (Phi) is 4.57. The number of amides is 1. The van der Waals surface area contributed by atoms with Gasteiger partial charge in [-0.25, -0.2) is 4.98 Å². The number of carbonyl (C=O) groups is 1. The summed E-state index contributed by atoms with van der Waals surface area (Å²) in [6, 6.07) is 13.9. The van der Waals surface area contributed by atoms with Gasteiger partial charge in [0.2, 0.25) is 11.8 Å². The molecule has 0 radical (unpaired) electrons. The molecule has 0 unspecified atom stereocenters. The first kappa shape index (κ1) is 15.5. The summed E-state index contributed by atoms with van der Waals surface area (Å²) in [6.45, 7) is 2.44. The lowest BCUT2D eigenvalue weighted by Crippen LogP contribution is -2.28. The molecule has 0 spiro atoms. The maximum absolute atomic E-state index is 12.4. The maximum Gasteiger partial charge on any atom is 0.236 e. The van der Waals surface area contributed by atoms with Crippen molar-refractivity contribution in [3.05, 3.63) is 64.9 Å². The Hall–Kier alpha value is -2.40. The van der Waals surface area contributed by atoms with Crippen molar-refractivity contribution < 1.29 is 9.21 Å². The number of aromatic nitrogens is 1. The van der Waals surface area contributed by atoms with E-state index in [4.69, 9.17) is 4.42 Å². The first-order valence-electron chi connectivity index (χ1n) is 7.41. The highest BCUT2D eigenvalue weighted by Crippen LogP contribution is 2.26. The molecular formula is C18H18N2O2S. The van der Waals surface area contributed by atoms with Gasteiger partial charge in [-0.2, -0.15) is 0 Å². The zero-order valence-corrected chi connectivity index (χ0v) is 14.0. The summed E-state index contributed by atoms with van der Waals surface area (Å²) in [5.74, 6) is 1.32. The highest BCUT2D eigenvalue weighted by Gasteiger charge is 2.17. The van der Waals surface area contributed by atoms with Crippen LogP contribution in [0.3, 0.4) is 0 Å². The number of oxazole rings is 1. The summed E-state index contributed by atoms with van der Waals surface area (Å²) in [7, 11) is 1.81. The van der Waals surface area contributed by atoms with E-state index in [0.29, 0.717) is 23.9 Å². The Balaban J connectivity index is 1.68. The Bertz CT molecular complexity index is 779. The molecular weight excluding hydrogens is 308 g/mol. The molecule has 1 aromatic carbocycles. The van der Waals surface area contributed by atoms with E-state index in [1.54, 1.807) is 16.2 Å². The second-order valence-electron chi connectivity index (χ2n) is 5.41. The minimum absolute atomic E-state index is 0.0305. The fourth-order valence-corrected chi connectivity index (χ4v) is 2.97. The van der Waals surface area contributed by atoms with Crippen LogP contribution < -0.4 is 0 Å². The molecule has 0 N–H and O–H groups in total. The van der Waals surface area contributed by atoms with Crippen LogP contribution in [0.2, 0.25) is 0 Å². The summed E-state index contributed by atoms with van der Waals surface area (Å²) >= 11 is 1.57. The zero-order chi connectivity index (χ0) is 16.2. The van der Waals surface area contributed by atoms with E-state index in [2.05, 4.69) is 4.98 Å². The lowest BCUT2D eigenvalue weighted by Gasteiger charge is -2.16. The molecule has 0 aliphatic rings. The average molecular weight is 326 g/mol. The van der Waals surface area contributed by atoms with Crippen LogP contribution in [-0.2, 0) is 17.8 Å². The number of benzene rings is 1. The molecule has 0 fully saturated rings. The van der Waals surface area contributed by atoms with Gasteiger partial charge >= 0.3 is 0 Å². The van der Waals surface area contributed by atoms with E-state index in [0.717, 1.165) is 10.4 Å². The third kappa shape index (κ3) is 3.68. The standard InChI is InChI=1S/C18H18N2O2S/c1-13-15(19-18(22-13)16-9-6-10-23-16)11-17(21)20(2)12-14-7-4-3-5-8-14/h3-10H,11-12H2,1-2H3. The Morgan fingerprint density at radius 1 is 1.22 bits per heavy atom. The second-order valence-corrected chi connectivity index (χ2v) is 6.36. The SMILES string of the molecule is Cc1oc(-c2cccs2)nc1CC(=O)N(C)Cc1ccccc1. The van der Waals surface area contributed by atoms with E-state index in [1.165, 1.54) is 0 Å². The fourth-order valence-electron chi connectivity index (χ4n) is 2.32.